The first-order valence-electron chi connectivity index (χ1n) is 6.55. The maximum absolute atomic E-state index is 11.8. The zero-order valence-electron chi connectivity index (χ0n) is 11.6. The molecule has 1 heterocycles. The number of anilines is 1. The minimum Gasteiger partial charge on any atom is -0.395 e. The van der Waals surface area contributed by atoms with Crippen molar-refractivity contribution in [3.05, 3.63) is 57.0 Å². The van der Waals surface area contributed by atoms with Crippen LogP contribution in [0.4, 0.5) is 10.7 Å². The molecule has 0 saturated heterocycles. The van der Waals surface area contributed by atoms with Crippen molar-refractivity contribution >= 4 is 27.9 Å². The van der Waals surface area contributed by atoms with Crippen LogP contribution in [0.3, 0.4) is 0 Å². The van der Waals surface area contributed by atoms with Crippen molar-refractivity contribution in [1.82, 2.24) is 5.32 Å². The highest BCUT2D eigenvalue weighted by molar-refractivity contribution is 7.13. The van der Waals surface area contributed by atoms with Gasteiger partial charge in [-0.2, -0.15) is 0 Å². The SMILES string of the molecule is O=C(NCCO)c1cccc(NCc2csc([N+](=O)[O-])c2)c1. The summed E-state index contributed by atoms with van der Waals surface area (Å²) in [6.07, 6.45) is 0. The zero-order valence-corrected chi connectivity index (χ0v) is 12.4. The molecule has 3 N–H and O–H groups in total. The van der Waals surface area contributed by atoms with Crippen LogP contribution in [-0.2, 0) is 6.54 Å². The van der Waals surface area contributed by atoms with Gasteiger partial charge in [-0.1, -0.05) is 17.4 Å². The highest BCUT2D eigenvalue weighted by Gasteiger charge is 2.10. The number of amides is 1. The second-order valence-electron chi connectivity index (χ2n) is 4.46. The van der Waals surface area contributed by atoms with Crippen LogP contribution in [0.2, 0.25) is 0 Å². The Labute approximate surface area is 130 Å². The van der Waals surface area contributed by atoms with E-state index in [-0.39, 0.29) is 24.1 Å². The van der Waals surface area contributed by atoms with Crippen molar-refractivity contribution in [2.45, 2.75) is 6.54 Å². The van der Waals surface area contributed by atoms with Gasteiger partial charge >= 0.3 is 5.00 Å². The Hall–Kier alpha value is -2.45. The van der Waals surface area contributed by atoms with Gasteiger partial charge in [-0.25, -0.2) is 0 Å². The van der Waals surface area contributed by atoms with Crippen LogP contribution in [0, 0.1) is 10.1 Å². The minimum atomic E-state index is -0.416. The van der Waals surface area contributed by atoms with Crippen LogP contribution in [0.1, 0.15) is 15.9 Å². The summed E-state index contributed by atoms with van der Waals surface area (Å²) in [4.78, 5) is 22.0. The number of benzene rings is 1. The summed E-state index contributed by atoms with van der Waals surface area (Å²) in [6.45, 7) is 0.529. The van der Waals surface area contributed by atoms with E-state index in [0.717, 1.165) is 22.6 Å². The molecule has 22 heavy (non-hydrogen) atoms. The average molecular weight is 321 g/mol. The van der Waals surface area contributed by atoms with Gasteiger partial charge in [0.05, 0.1) is 11.5 Å². The van der Waals surface area contributed by atoms with E-state index >= 15 is 0 Å². The maximum atomic E-state index is 11.8. The Bertz CT molecular complexity index is 672. The van der Waals surface area contributed by atoms with Crippen LogP contribution in [0.15, 0.2) is 35.7 Å². The quantitative estimate of drug-likeness (QED) is 0.534. The molecule has 2 rings (SSSR count). The third-order valence-corrected chi connectivity index (χ3v) is 3.77. The highest BCUT2D eigenvalue weighted by Crippen LogP contribution is 2.23. The number of thiophene rings is 1. The molecule has 1 aromatic heterocycles. The predicted octanol–water partition coefficient (Wildman–Crippen LogP) is 1.99. The number of hydrogen-bond acceptors (Lipinski definition) is 6. The lowest BCUT2D eigenvalue weighted by Gasteiger charge is -2.08. The average Bonchev–Trinajstić information content (AvgIpc) is 3.00. The predicted molar refractivity (Wildman–Crippen MR) is 84.2 cm³/mol. The van der Waals surface area contributed by atoms with Crippen LogP contribution in [-0.4, -0.2) is 29.1 Å². The largest absolute Gasteiger partial charge is 0.395 e. The molecule has 1 aromatic carbocycles. The summed E-state index contributed by atoms with van der Waals surface area (Å²) < 4.78 is 0. The molecule has 0 aliphatic heterocycles. The first-order valence-corrected chi connectivity index (χ1v) is 7.43. The molecule has 0 bridgehead atoms. The Balaban J connectivity index is 1.97. The molecule has 116 valence electrons. The molecular formula is C14H15N3O4S. The molecule has 0 unspecified atom stereocenters. The summed E-state index contributed by atoms with van der Waals surface area (Å²) in [5.41, 5.74) is 2.03. The third kappa shape index (κ3) is 4.27. The van der Waals surface area contributed by atoms with Crippen molar-refractivity contribution < 1.29 is 14.8 Å². The Morgan fingerprint density at radius 1 is 1.36 bits per heavy atom. The number of carbonyl (C=O) groups excluding carboxylic acids is 1. The topological polar surface area (TPSA) is 104 Å². The molecule has 0 aliphatic carbocycles. The molecule has 7 nitrogen and oxygen atoms in total. The van der Waals surface area contributed by atoms with Gasteiger partial charge in [-0.3, -0.25) is 14.9 Å². The second kappa shape index (κ2) is 7.53. The number of rotatable bonds is 7. The summed E-state index contributed by atoms with van der Waals surface area (Å²) in [5.74, 6) is -0.260. The number of nitrogens with zero attached hydrogens (tertiary/aromatic N) is 1. The van der Waals surface area contributed by atoms with E-state index in [2.05, 4.69) is 10.6 Å². The Morgan fingerprint density at radius 2 is 2.18 bits per heavy atom. The molecule has 0 atom stereocenters. The van der Waals surface area contributed by atoms with E-state index in [0.29, 0.717) is 12.1 Å². The number of hydrogen-bond donors (Lipinski definition) is 3. The van der Waals surface area contributed by atoms with Gasteiger partial charge in [0.2, 0.25) is 0 Å². The molecule has 0 radical (unpaired) electrons. The van der Waals surface area contributed by atoms with Gasteiger partial charge in [0.15, 0.2) is 0 Å². The van der Waals surface area contributed by atoms with Crippen LogP contribution in [0.5, 0.6) is 0 Å². The maximum Gasteiger partial charge on any atom is 0.324 e. The van der Waals surface area contributed by atoms with Crippen LogP contribution in [0.25, 0.3) is 0 Å². The van der Waals surface area contributed by atoms with Crippen molar-refractivity contribution in [3.63, 3.8) is 0 Å². The van der Waals surface area contributed by atoms with Gasteiger partial charge in [0, 0.05) is 35.8 Å². The van der Waals surface area contributed by atoms with E-state index in [4.69, 9.17) is 5.11 Å². The molecule has 2 aromatic rings. The number of aliphatic hydroxyl groups is 1. The molecule has 0 aliphatic rings. The fraction of sp³-hybridized carbons (Fsp3) is 0.214. The fourth-order valence-electron chi connectivity index (χ4n) is 1.80. The van der Waals surface area contributed by atoms with Gasteiger partial charge in [-0.05, 0) is 23.8 Å². The van der Waals surface area contributed by atoms with E-state index < -0.39 is 4.92 Å². The van der Waals surface area contributed by atoms with Gasteiger partial charge in [-0.15, -0.1) is 0 Å². The number of nitro groups is 1. The van der Waals surface area contributed by atoms with E-state index in [9.17, 15) is 14.9 Å². The first-order chi connectivity index (χ1) is 10.6. The molecular weight excluding hydrogens is 306 g/mol. The lowest BCUT2D eigenvalue weighted by molar-refractivity contribution is -0.380. The number of carbonyl (C=O) groups is 1. The molecule has 0 spiro atoms. The highest BCUT2D eigenvalue weighted by atomic mass is 32.1. The number of nitrogens with one attached hydrogen (secondary N) is 2. The fourth-order valence-corrected chi connectivity index (χ4v) is 2.53. The van der Waals surface area contributed by atoms with Crippen molar-refractivity contribution in [2.24, 2.45) is 0 Å². The van der Waals surface area contributed by atoms with Gasteiger partial charge in [0.25, 0.3) is 5.91 Å². The van der Waals surface area contributed by atoms with Crippen molar-refractivity contribution in [2.75, 3.05) is 18.5 Å². The Kier molecular flexibility index (Phi) is 5.45. The Morgan fingerprint density at radius 3 is 2.86 bits per heavy atom. The second-order valence-corrected chi connectivity index (χ2v) is 5.35. The molecule has 0 fully saturated rings. The molecule has 0 saturated carbocycles. The lowest BCUT2D eigenvalue weighted by atomic mass is 10.2. The standard InChI is InChI=1S/C14H15N3O4S/c18-5-4-15-14(19)11-2-1-3-12(7-11)16-8-10-6-13(17(20)21)22-9-10/h1-3,6-7,9,16,18H,4-5,8H2,(H,15,19). The van der Waals surface area contributed by atoms with Crippen molar-refractivity contribution in [1.29, 1.82) is 0 Å². The van der Waals surface area contributed by atoms with Crippen LogP contribution >= 0.6 is 11.3 Å². The van der Waals surface area contributed by atoms with Crippen molar-refractivity contribution in [3.8, 4) is 0 Å². The summed E-state index contributed by atoms with van der Waals surface area (Å²) in [6, 6.07) is 8.44. The molecule has 1 amide bonds. The third-order valence-electron chi connectivity index (χ3n) is 2.84. The summed E-state index contributed by atoms with van der Waals surface area (Å²) in [5, 5.41) is 26.8. The van der Waals surface area contributed by atoms with Gasteiger partial charge in [0.1, 0.15) is 0 Å². The zero-order chi connectivity index (χ0) is 15.9. The monoisotopic (exact) mass is 321 g/mol. The van der Waals surface area contributed by atoms with E-state index in [1.807, 2.05) is 6.07 Å². The van der Waals surface area contributed by atoms with Gasteiger partial charge < -0.3 is 15.7 Å². The van der Waals surface area contributed by atoms with E-state index in [1.165, 1.54) is 6.07 Å². The normalized spacial score (nSPS) is 10.2. The summed E-state index contributed by atoms with van der Waals surface area (Å²) in [7, 11) is 0. The molecule has 8 heteroatoms. The first kappa shape index (κ1) is 15.9. The van der Waals surface area contributed by atoms with Crippen LogP contribution < -0.4 is 10.6 Å². The minimum absolute atomic E-state index is 0.105. The number of aliphatic hydroxyl groups excluding tert-OH is 1. The lowest BCUT2D eigenvalue weighted by Crippen LogP contribution is -2.26. The van der Waals surface area contributed by atoms with E-state index in [1.54, 1.807) is 23.6 Å². The smallest absolute Gasteiger partial charge is 0.324 e. The summed E-state index contributed by atoms with van der Waals surface area (Å²) >= 11 is 1.08.